The normalized spacial score (nSPS) is 11.2. The van der Waals surface area contributed by atoms with Crippen molar-refractivity contribution in [3.05, 3.63) is 69.8 Å². The average Bonchev–Trinajstić information content (AvgIpc) is 2.51. The number of benzene rings is 2. The second-order valence-electron chi connectivity index (χ2n) is 6.09. The molecule has 0 aromatic heterocycles. The van der Waals surface area contributed by atoms with Gasteiger partial charge in [-0.15, -0.1) is 0 Å². The van der Waals surface area contributed by atoms with Gasteiger partial charge in [-0.2, -0.15) is 0 Å². The van der Waals surface area contributed by atoms with Crippen LogP contribution in [-0.2, 0) is 19.9 Å². The van der Waals surface area contributed by atoms with E-state index in [0.717, 1.165) is 29.2 Å². The lowest BCUT2D eigenvalue weighted by molar-refractivity contribution is -0.170. The molecule has 0 radical (unpaired) electrons. The summed E-state index contributed by atoms with van der Waals surface area (Å²) in [5.41, 5.74) is 2.23. The molecule has 4 nitrogen and oxygen atoms in total. The number of carbonyl (C=O) groups excluding carboxylic acids is 2. The van der Waals surface area contributed by atoms with Crippen LogP contribution in [0.15, 0.2) is 36.4 Å². The first-order valence-corrected chi connectivity index (χ1v) is 7.78. The van der Waals surface area contributed by atoms with E-state index < -0.39 is 17.5 Å². The number of ether oxygens (including phenoxy) is 1. The van der Waals surface area contributed by atoms with E-state index in [4.69, 9.17) is 4.74 Å². The van der Waals surface area contributed by atoms with Crippen molar-refractivity contribution in [1.29, 1.82) is 0 Å². The number of esters is 2. The number of carbonyl (C=O) groups is 2. The van der Waals surface area contributed by atoms with Crippen molar-refractivity contribution < 1.29 is 19.4 Å². The number of rotatable bonds is 3. The maximum absolute atomic E-state index is 12.7. The van der Waals surface area contributed by atoms with Crippen LogP contribution >= 0.6 is 0 Å². The largest absolute Gasteiger partial charge is 0.391 e. The van der Waals surface area contributed by atoms with Gasteiger partial charge in [0.05, 0.1) is 0 Å². The van der Waals surface area contributed by atoms with Crippen molar-refractivity contribution in [3.63, 3.8) is 0 Å². The van der Waals surface area contributed by atoms with E-state index in [2.05, 4.69) is 0 Å². The van der Waals surface area contributed by atoms with Crippen molar-refractivity contribution in [2.24, 2.45) is 0 Å². The van der Waals surface area contributed by atoms with E-state index in [9.17, 15) is 14.7 Å². The highest BCUT2D eigenvalue weighted by atomic mass is 16.6. The monoisotopic (exact) mass is 326 g/mol. The molecule has 0 heterocycles. The third-order valence-corrected chi connectivity index (χ3v) is 4.52. The van der Waals surface area contributed by atoms with Gasteiger partial charge < -0.3 is 9.84 Å². The molecule has 0 spiro atoms. The molecule has 24 heavy (non-hydrogen) atoms. The fraction of sp³-hybridized carbons (Fsp3) is 0.300. The maximum Gasteiger partial charge on any atom is 0.355 e. The van der Waals surface area contributed by atoms with Gasteiger partial charge in [0.15, 0.2) is 0 Å². The molecule has 0 amide bonds. The minimum atomic E-state index is -2.04. The standard InChI is InChI=1S/C20H22O4/c1-12-8-6-10-17(14(12)3)20(23,19(22)24-16(5)21)18-11-7-9-13(2)15(18)4/h6-11,23H,1-5H3. The predicted octanol–water partition coefficient (Wildman–Crippen LogP) is 3.25. The Morgan fingerprint density at radius 2 is 1.29 bits per heavy atom. The van der Waals surface area contributed by atoms with E-state index in [1.807, 2.05) is 39.8 Å². The highest BCUT2D eigenvalue weighted by Gasteiger charge is 2.44. The fourth-order valence-electron chi connectivity index (χ4n) is 2.86. The molecule has 0 aliphatic heterocycles. The smallest absolute Gasteiger partial charge is 0.355 e. The molecule has 2 aromatic carbocycles. The van der Waals surface area contributed by atoms with E-state index in [1.165, 1.54) is 0 Å². The Labute approximate surface area is 142 Å². The summed E-state index contributed by atoms with van der Waals surface area (Å²) in [6, 6.07) is 10.7. The Kier molecular flexibility index (Phi) is 4.90. The zero-order valence-electron chi connectivity index (χ0n) is 14.6. The Bertz CT molecular complexity index is 754. The summed E-state index contributed by atoms with van der Waals surface area (Å²) in [5.74, 6) is -1.74. The Hall–Kier alpha value is -2.46. The Morgan fingerprint density at radius 3 is 1.67 bits per heavy atom. The summed E-state index contributed by atoms with van der Waals surface area (Å²) in [5, 5.41) is 11.5. The van der Waals surface area contributed by atoms with Crippen LogP contribution in [0.2, 0.25) is 0 Å². The topological polar surface area (TPSA) is 63.6 Å². The average molecular weight is 326 g/mol. The molecule has 2 aromatic rings. The first kappa shape index (κ1) is 17.9. The van der Waals surface area contributed by atoms with Gasteiger partial charge in [0.1, 0.15) is 0 Å². The molecule has 0 aliphatic rings. The molecule has 2 rings (SSSR count). The van der Waals surface area contributed by atoms with Crippen LogP contribution in [0.1, 0.15) is 40.3 Å². The molecule has 0 saturated carbocycles. The number of hydrogen-bond donors (Lipinski definition) is 1. The molecule has 0 bridgehead atoms. The molecular weight excluding hydrogens is 304 g/mol. The maximum atomic E-state index is 12.7. The lowest BCUT2D eigenvalue weighted by atomic mass is 9.80. The van der Waals surface area contributed by atoms with Gasteiger partial charge in [-0.05, 0) is 49.9 Å². The van der Waals surface area contributed by atoms with Gasteiger partial charge in [-0.1, -0.05) is 36.4 Å². The summed E-state index contributed by atoms with van der Waals surface area (Å²) < 4.78 is 4.79. The zero-order chi connectivity index (χ0) is 18.1. The number of hydrogen-bond acceptors (Lipinski definition) is 4. The quantitative estimate of drug-likeness (QED) is 0.695. The highest BCUT2D eigenvalue weighted by molar-refractivity contribution is 5.93. The lowest BCUT2D eigenvalue weighted by Gasteiger charge is -2.30. The summed E-state index contributed by atoms with van der Waals surface area (Å²) in [4.78, 5) is 24.0. The van der Waals surface area contributed by atoms with Gasteiger partial charge in [-0.3, -0.25) is 4.79 Å². The van der Waals surface area contributed by atoms with Crippen molar-refractivity contribution in [2.45, 2.75) is 40.2 Å². The molecule has 126 valence electrons. The van der Waals surface area contributed by atoms with E-state index in [0.29, 0.717) is 11.1 Å². The second-order valence-corrected chi connectivity index (χ2v) is 6.09. The summed E-state index contributed by atoms with van der Waals surface area (Å²) in [7, 11) is 0. The molecule has 0 fully saturated rings. The van der Waals surface area contributed by atoms with Crippen LogP contribution in [0.4, 0.5) is 0 Å². The molecular formula is C20H22O4. The molecule has 0 aliphatic carbocycles. The molecule has 0 atom stereocenters. The van der Waals surface area contributed by atoms with E-state index in [-0.39, 0.29) is 0 Å². The van der Waals surface area contributed by atoms with Crippen LogP contribution in [-0.4, -0.2) is 17.0 Å². The van der Waals surface area contributed by atoms with Crippen LogP contribution in [0.5, 0.6) is 0 Å². The minimum absolute atomic E-state index is 0.419. The summed E-state index contributed by atoms with van der Waals surface area (Å²) in [6.07, 6.45) is 0. The van der Waals surface area contributed by atoms with Crippen LogP contribution in [0, 0.1) is 27.7 Å². The third-order valence-electron chi connectivity index (χ3n) is 4.52. The van der Waals surface area contributed by atoms with Crippen LogP contribution in [0.3, 0.4) is 0 Å². The Morgan fingerprint density at radius 1 is 0.875 bits per heavy atom. The zero-order valence-corrected chi connectivity index (χ0v) is 14.6. The molecule has 4 heteroatoms. The van der Waals surface area contributed by atoms with Crippen LogP contribution in [0.25, 0.3) is 0 Å². The van der Waals surface area contributed by atoms with Gasteiger partial charge in [-0.25, -0.2) is 4.79 Å². The summed E-state index contributed by atoms with van der Waals surface area (Å²) in [6.45, 7) is 8.62. The van der Waals surface area contributed by atoms with Gasteiger partial charge >= 0.3 is 11.9 Å². The Balaban J connectivity index is 2.80. The van der Waals surface area contributed by atoms with Gasteiger partial charge in [0.2, 0.25) is 5.60 Å². The van der Waals surface area contributed by atoms with Crippen molar-refractivity contribution in [3.8, 4) is 0 Å². The van der Waals surface area contributed by atoms with Crippen molar-refractivity contribution in [2.75, 3.05) is 0 Å². The lowest BCUT2D eigenvalue weighted by Crippen LogP contribution is -2.41. The summed E-state index contributed by atoms with van der Waals surface area (Å²) >= 11 is 0. The number of aliphatic hydroxyl groups is 1. The predicted molar refractivity (Wildman–Crippen MR) is 91.6 cm³/mol. The van der Waals surface area contributed by atoms with E-state index >= 15 is 0 Å². The van der Waals surface area contributed by atoms with Crippen LogP contribution < -0.4 is 0 Å². The third kappa shape index (κ3) is 2.97. The highest BCUT2D eigenvalue weighted by Crippen LogP contribution is 2.36. The minimum Gasteiger partial charge on any atom is -0.391 e. The first-order chi connectivity index (χ1) is 11.2. The molecule has 1 N–H and O–H groups in total. The number of aryl methyl sites for hydroxylation is 2. The molecule has 0 unspecified atom stereocenters. The van der Waals surface area contributed by atoms with E-state index in [1.54, 1.807) is 24.3 Å². The van der Waals surface area contributed by atoms with Gasteiger partial charge in [0.25, 0.3) is 0 Å². The fourth-order valence-corrected chi connectivity index (χ4v) is 2.86. The van der Waals surface area contributed by atoms with Crippen molar-refractivity contribution >= 4 is 11.9 Å². The first-order valence-electron chi connectivity index (χ1n) is 7.78. The SMILES string of the molecule is CC(=O)OC(=O)C(O)(c1cccc(C)c1C)c1cccc(C)c1C. The second kappa shape index (κ2) is 6.57. The van der Waals surface area contributed by atoms with Gasteiger partial charge in [0, 0.05) is 18.1 Å². The molecule has 0 saturated heterocycles. The van der Waals surface area contributed by atoms with Crippen molar-refractivity contribution in [1.82, 2.24) is 0 Å².